The third-order valence-corrected chi connectivity index (χ3v) is 4.32. The average Bonchev–Trinajstić information content (AvgIpc) is 2.41. The van der Waals surface area contributed by atoms with Crippen LogP contribution in [0.3, 0.4) is 0 Å². The largest absolute Gasteiger partial charge is 0.367 e. The van der Waals surface area contributed by atoms with E-state index in [1.54, 1.807) is 0 Å². The zero-order valence-electron chi connectivity index (χ0n) is 14.5. The Kier molecular flexibility index (Phi) is 5.32. The quantitative estimate of drug-likeness (QED) is 0.869. The molecule has 1 unspecified atom stereocenters. The molecule has 1 heterocycles. The van der Waals surface area contributed by atoms with Crippen molar-refractivity contribution in [1.82, 2.24) is 5.32 Å². The SMILES string of the molecule is CCCC(CNC(C)(C)C)N1CCCc2cc(C)ccc21. The molecule has 0 amide bonds. The summed E-state index contributed by atoms with van der Waals surface area (Å²) in [6.45, 7) is 13.5. The highest BCUT2D eigenvalue weighted by Crippen LogP contribution is 2.30. The Labute approximate surface area is 130 Å². The molecule has 2 nitrogen and oxygen atoms in total. The zero-order chi connectivity index (χ0) is 15.5. The van der Waals surface area contributed by atoms with Gasteiger partial charge in [-0.15, -0.1) is 0 Å². The molecule has 2 rings (SSSR count). The Morgan fingerprint density at radius 2 is 2.05 bits per heavy atom. The molecule has 1 atom stereocenters. The van der Waals surface area contributed by atoms with Gasteiger partial charge in [0.05, 0.1) is 0 Å². The van der Waals surface area contributed by atoms with Crippen molar-refractivity contribution in [3.63, 3.8) is 0 Å². The molecule has 1 aliphatic heterocycles. The summed E-state index contributed by atoms with van der Waals surface area (Å²) in [4.78, 5) is 2.65. The van der Waals surface area contributed by atoms with Crippen molar-refractivity contribution >= 4 is 5.69 Å². The summed E-state index contributed by atoms with van der Waals surface area (Å²) in [5, 5.41) is 3.70. The van der Waals surface area contributed by atoms with Crippen LogP contribution >= 0.6 is 0 Å². The van der Waals surface area contributed by atoms with Gasteiger partial charge in [-0.05, 0) is 58.6 Å². The van der Waals surface area contributed by atoms with Gasteiger partial charge in [0.1, 0.15) is 0 Å². The summed E-state index contributed by atoms with van der Waals surface area (Å²) in [6.07, 6.45) is 5.02. The number of hydrogen-bond acceptors (Lipinski definition) is 2. The molecule has 118 valence electrons. The summed E-state index contributed by atoms with van der Waals surface area (Å²) in [5.74, 6) is 0. The highest BCUT2D eigenvalue weighted by Gasteiger charge is 2.24. The lowest BCUT2D eigenvalue weighted by atomic mass is 9.96. The van der Waals surface area contributed by atoms with Gasteiger partial charge in [-0.1, -0.05) is 31.0 Å². The van der Waals surface area contributed by atoms with Crippen LogP contribution in [0.4, 0.5) is 5.69 Å². The van der Waals surface area contributed by atoms with E-state index in [1.165, 1.54) is 49.0 Å². The standard InChI is InChI=1S/C19H32N2/c1-6-8-17(14-20-19(3,4)5)21-12-7-9-16-13-15(2)10-11-18(16)21/h10-11,13,17,20H,6-9,12,14H2,1-5H3. The number of nitrogens with one attached hydrogen (secondary N) is 1. The Morgan fingerprint density at radius 3 is 2.71 bits per heavy atom. The van der Waals surface area contributed by atoms with E-state index in [0.29, 0.717) is 6.04 Å². The van der Waals surface area contributed by atoms with Crippen molar-refractivity contribution in [1.29, 1.82) is 0 Å². The second-order valence-electron chi connectivity index (χ2n) is 7.50. The Morgan fingerprint density at radius 1 is 1.29 bits per heavy atom. The van der Waals surface area contributed by atoms with E-state index in [9.17, 15) is 0 Å². The predicted octanol–water partition coefficient (Wildman–Crippen LogP) is 4.30. The monoisotopic (exact) mass is 288 g/mol. The minimum absolute atomic E-state index is 0.192. The minimum Gasteiger partial charge on any atom is -0.367 e. The molecule has 0 aromatic heterocycles. The van der Waals surface area contributed by atoms with Crippen LogP contribution < -0.4 is 10.2 Å². The molecular weight excluding hydrogens is 256 g/mol. The van der Waals surface area contributed by atoms with E-state index in [0.717, 1.165) is 6.54 Å². The molecule has 1 aromatic rings. The molecule has 0 fully saturated rings. The lowest BCUT2D eigenvalue weighted by Gasteiger charge is -2.39. The van der Waals surface area contributed by atoms with Crippen LogP contribution in [0.2, 0.25) is 0 Å². The van der Waals surface area contributed by atoms with E-state index in [-0.39, 0.29) is 5.54 Å². The summed E-state index contributed by atoms with van der Waals surface area (Å²) in [6, 6.07) is 7.58. The van der Waals surface area contributed by atoms with E-state index >= 15 is 0 Å². The highest BCUT2D eigenvalue weighted by molar-refractivity contribution is 5.57. The fourth-order valence-electron chi connectivity index (χ4n) is 3.26. The topological polar surface area (TPSA) is 15.3 Å². The number of rotatable bonds is 5. The third kappa shape index (κ3) is 4.47. The van der Waals surface area contributed by atoms with Crippen molar-refractivity contribution in [3.8, 4) is 0 Å². The summed E-state index contributed by atoms with van der Waals surface area (Å²) in [7, 11) is 0. The van der Waals surface area contributed by atoms with Crippen LogP contribution in [0.5, 0.6) is 0 Å². The van der Waals surface area contributed by atoms with Gasteiger partial charge < -0.3 is 10.2 Å². The maximum atomic E-state index is 3.70. The lowest BCUT2D eigenvalue weighted by Crippen LogP contribution is -2.49. The number of nitrogens with zero attached hydrogens (tertiary/aromatic N) is 1. The summed E-state index contributed by atoms with van der Waals surface area (Å²) >= 11 is 0. The van der Waals surface area contributed by atoms with Gasteiger partial charge in [-0.2, -0.15) is 0 Å². The second-order valence-corrected chi connectivity index (χ2v) is 7.50. The molecule has 1 aromatic carbocycles. The lowest BCUT2D eigenvalue weighted by molar-refractivity contribution is 0.384. The number of aryl methyl sites for hydroxylation is 2. The smallest absolute Gasteiger partial charge is 0.0414 e. The molecule has 0 radical (unpaired) electrons. The molecule has 0 aliphatic carbocycles. The summed E-state index contributed by atoms with van der Waals surface area (Å²) in [5.41, 5.74) is 4.59. The van der Waals surface area contributed by atoms with Gasteiger partial charge in [-0.25, -0.2) is 0 Å². The van der Waals surface area contributed by atoms with Crippen molar-refractivity contribution < 1.29 is 0 Å². The van der Waals surface area contributed by atoms with Gasteiger partial charge in [0.2, 0.25) is 0 Å². The van der Waals surface area contributed by atoms with E-state index in [2.05, 4.69) is 63.0 Å². The van der Waals surface area contributed by atoms with Gasteiger partial charge in [0, 0.05) is 30.4 Å². The van der Waals surface area contributed by atoms with Crippen LogP contribution in [0.15, 0.2) is 18.2 Å². The van der Waals surface area contributed by atoms with Crippen LogP contribution in [0.25, 0.3) is 0 Å². The molecule has 1 aliphatic rings. The Hall–Kier alpha value is -1.02. The minimum atomic E-state index is 0.192. The normalized spacial score (nSPS) is 16.7. The van der Waals surface area contributed by atoms with Gasteiger partial charge in [0.15, 0.2) is 0 Å². The molecule has 0 saturated carbocycles. The van der Waals surface area contributed by atoms with Crippen molar-refractivity contribution in [3.05, 3.63) is 29.3 Å². The van der Waals surface area contributed by atoms with E-state index < -0.39 is 0 Å². The fraction of sp³-hybridized carbons (Fsp3) is 0.684. The maximum Gasteiger partial charge on any atom is 0.0414 e. The van der Waals surface area contributed by atoms with E-state index in [4.69, 9.17) is 0 Å². The molecular formula is C19H32N2. The van der Waals surface area contributed by atoms with Gasteiger partial charge >= 0.3 is 0 Å². The van der Waals surface area contributed by atoms with Crippen LogP contribution in [0, 0.1) is 6.92 Å². The molecule has 2 heteroatoms. The number of anilines is 1. The van der Waals surface area contributed by atoms with Crippen LogP contribution in [-0.4, -0.2) is 24.7 Å². The van der Waals surface area contributed by atoms with Crippen molar-refractivity contribution in [2.75, 3.05) is 18.0 Å². The van der Waals surface area contributed by atoms with Crippen LogP contribution in [-0.2, 0) is 6.42 Å². The van der Waals surface area contributed by atoms with Crippen LogP contribution in [0.1, 0.15) is 58.1 Å². The molecule has 1 N–H and O–H groups in total. The van der Waals surface area contributed by atoms with E-state index in [1.807, 2.05) is 0 Å². The first kappa shape index (κ1) is 16.4. The number of fused-ring (bicyclic) bond motifs is 1. The highest BCUT2D eigenvalue weighted by atomic mass is 15.2. The molecule has 21 heavy (non-hydrogen) atoms. The average molecular weight is 288 g/mol. The Bertz CT molecular complexity index is 459. The first-order valence-corrected chi connectivity index (χ1v) is 8.52. The molecule has 0 spiro atoms. The molecule has 0 bridgehead atoms. The van der Waals surface area contributed by atoms with Gasteiger partial charge in [-0.3, -0.25) is 0 Å². The second kappa shape index (κ2) is 6.83. The fourth-order valence-corrected chi connectivity index (χ4v) is 3.26. The van der Waals surface area contributed by atoms with Crippen molar-refractivity contribution in [2.45, 2.75) is 71.9 Å². The number of benzene rings is 1. The zero-order valence-corrected chi connectivity index (χ0v) is 14.5. The van der Waals surface area contributed by atoms with Crippen molar-refractivity contribution in [2.24, 2.45) is 0 Å². The first-order chi connectivity index (χ1) is 9.90. The predicted molar refractivity (Wildman–Crippen MR) is 93.3 cm³/mol. The molecule has 0 saturated heterocycles. The number of hydrogen-bond donors (Lipinski definition) is 1. The third-order valence-electron chi connectivity index (χ3n) is 4.32. The van der Waals surface area contributed by atoms with Gasteiger partial charge in [0.25, 0.3) is 0 Å². The summed E-state index contributed by atoms with van der Waals surface area (Å²) < 4.78 is 0. The Balaban J connectivity index is 2.17. The first-order valence-electron chi connectivity index (χ1n) is 8.52. The maximum absolute atomic E-state index is 3.70.